The molecule has 1 saturated heterocycles. The van der Waals surface area contributed by atoms with Crippen molar-refractivity contribution in [3.63, 3.8) is 0 Å². The number of furan rings is 1. The number of carbonyl (C=O) groups is 1. The minimum absolute atomic E-state index is 0.0648. The average Bonchev–Trinajstić information content (AvgIpc) is 3.41. The largest absolute Gasteiger partial charge is 0.465 e. The number of hydrogen-bond donors (Lipinski definition) is 1. The van der Waals surface area contributed by atoms with Crippen molar-refractivity contribution in [1.82, 2.24) is 25.5 Å². The van der Waals surface area contributed by atoms with Gasteiger partial charge in [-0.05, 0) is 29.0 Å². The van der Waals surface area contributed by atoms with Crippen molar-refractivity contribution in [2.45, 2.75) is 12.5 Å². The van der Waals surface area contributed by atoms with Gasteiger partial charge in [-0.2, -0.15) is 4.68 Å². The van der Waals surface area contributed by atoms with Crippen LogP contribution in [0.5, 0.6) is 0 Å². The third kappa shape index (κ3) is 3.86. The topological polar surface area (TPSA) is 120 Å². The molecule has 0 radical (unpaired) electrons. The van der Waals surface area contributed by atoms with Gasteiger partial charge in [-0.3, -0.25) is 4.79 Å². The first-order valence-electron chi connectivity index (χ1n) is 8.62. The van der Waals surface area contributed by atoms with Crippen LogP contribution in [0.15, 0.2) is 53.1 Å². The lowest BCUT2D eigenvalue weighted by Crippen LogP contribution is -2.37. The third-order valence-corrected chi connectivity index (χ3v) is 6.12. The van der Waals surface area contributed by atoms with Gasteiger partial charge in [0, 0.05) is 17.7 Å². The molecule has 1 aliphatic heterocycles. The van der Waals surface area contributed by atoms with Gasteiger partial charge in [0.1, 0.15) is 11.5 Å². The smallest absolute Gasteiger partial charge is 0.270 e. The molecule has 9 nitrogen and oxygen atoms in total. The molecule has 3 aromatic rings. The molecule has 1 aromatic carbocycles. The SMILES string of the molecule is O=C(NC1CCS(=O)(=O)C1)C(=Cc1ccco1)n1nnnc1-c1ccccc1. The summed E-state index contributed by atoms with van der Waals surface area (Å²) < 4.78 is 30.0. The molecule has 4 rings (SSSR count). The van der Waals surface area contributed by atoms with Crippen LogP contribution in [-0.2, 0) is 14.6 Å². The predicted octanol–water partition coefficient (Wildman–Crippen LogP) is 1.23. The molecule has 10 heteroatoms. The summed E-state index contributed by atoms with van der Waals surface area (Å²) in [5.74, 6) is 0.331. The van der Waals surface area contributed by atoms with E-state index in [9.17, 15) is 13.2 Å². The van der Waals surface area contributed by atoms with Gasteiger partial charge < -0.3 is 9.73 Å². The van der Waals surface area contributed by atoms with Crippen molar-refractivity contribution in [1.29, 1.82) is 0 Å². The van der Waals surface area contributed by atoms with Crippen LogP contribution in [-0.4, -0.2) is 52.1 Å². The molecule has 0 saturated carbocycles. The number of aromatic nitrogens is 4. The molecule has 0 aliphatic carbocycles. The van der Waals surface area contributed by atoms with Crippen LogP contribution < -0.4 is 5.32 Å². The van der Waals surface area contributed by atoms with Crippen LogP contribution in [0.2, 0.25) is 0 Å². The monoisotopic (exact) mass is 399 g/mol. The van der Waals surface area contributed by atoms with Crippen molar-refractivity contribution in [3.8, 4) is 11.4 Å². The Morgan fingerprint density at radius 2 is 2.04 bits per heavy atom. The zero-order valence-electron chi connectivity index (χ0n) is 14.7. The summed E-state index contributed by atoms with van der Waals surface area (Å²) in [5, 5.41) is 14.5. The van der Waals surface area contributed by atoms with Gasteiger partial charge in [0.25, 0.3) is 5.91 Å². The van der Waals surface area contributed by atoms with E-state index in [4.69, 9.17) is 4.42 Å². The van der Waals surface area contributed by atoms with E-state index >= 15 is 0 Å². The average molecular weight is 399 g/mol. The number of amides is 1. The molecule has 2 aromatic heterocycles. The van der Waals surface area contributed by atoms with E-state index < -0.39 is 21.8 Å². The number of sulfone groups is 1. The normalized spacial score (nSPS) is 18.9. The van der Waals surface area contributed by atoms with Gasteiger partial charge >= 0.3 is 0 Å². The number of benzene rings is 1. The van der Waals surface area contributed by atoms with Crippen LogP contribution in [0, 0.1) is 0 Å². The second-order valence-electron chi connectivity index (χ2n) is 6.40. The van der Waals surface area contributed by atoms with Crippen molar-refractivity contribution in [2.24, 2.45) is 0 Å². The quantitative estimate of drug-likeness (QED) is 0.641. The first-order chi connectivity index (χ1) is 13.5. The van der Waals surface area contributed by atoms with Gasteiger partial charge in [-0.25, -0.2) is 8.42 Å². The van der Waals surface area contributed by atoms with E-state index in [0.29, 0.717) is 18.0 Å². The van der Waals surface area contributed by atoms with Crippen LogP contribution in [0.4, 0.5) is 0 Å². The van der Waals surface area contributed by atoms with E-state index in [1.165, 1.54) is 17.0 Å². The fourth-order valence-corrected chi connectivity index (χ4v) is 4.69. The summed E-state index contributed by atoms with van der Waals surface area (Å²) in [7, 11) is -3.12. The minimum Gasteiger partial charge on any atom is -0.465 e. The molecule has 144 valence electrons. The molecule has 1 unspecified atom stereocenters. The lowest BCUT2D eigenvalue weighted by Gasteiger charge is -2.14. The summed E-state index contributed by atoms with van der Waals surface area (Å²) in [6.07, 6.45) is 3.38. The standard InChI is InChI=1S/C18H17N5O4S/c24-18(19-14-8-10-28(25,26)12-14)16(11-15-7-4-9-27-15)23-17(20-21-22-23)13-5-2-1-3-6-13/h1-7,9,11,14H,8,10,12H2,(H,19,24). The Bertz CT molecular complexity index is 1100. The van der Waals surface area contributed by atoms with Crippen LogP contribution in [0.3, 0.4) is 0 Å². The highest BCUT2D eigenvalue weighted by molar-refractivity contribution is 7.91. The molecule has 28 heavy (non-hydrogen) atoms. The molecule has 1 amide bonds. The maximum absolute atomic E-state index is 13.0. The summed E-state index contributed by atoms with van der Waals surface area (Å²) in [6, 6.07) is 12.1. The van der Waals surface area contributed by atoms with Crippen molar-refractivity contribution in [2.75, 3.05) is 11.5 Å². The fraction of sp³-hybridized carbons (Fsp3) is 0.222. The Morgan fingerprint density at radius 3 is 2.71 bits per heavy atom. The van der Waals surface area contributed by atoms with Crippen molar-refractivity contribution < 1.29 is 17.6 Å². The zero-order chi connectivity index (χ0) is 19.6. The molecule has 1 aliphatic rings. The van der Waals surface area contributed by atoms with E-state index in [0.717, 1.165) is 5.56 Å². The highest BCUT2D eigenvalue weighted by Gasteiger charge is 2.30. The lowest BCUT2D eigenvalue weighted by atomic mass is 10.2. The zero-order valence-corrected chi connectivity index (χ0v) is 15.5. The Kier molecular flexibility index (Phi) is 4.78. The van der Waals surface area contributed by atoms with Gasteiger partial charge in [-0.1, -0.05) is 30.3 Å². The number of nitrogens with one attached hydrogen (secondary N) is 1. The summed E-state index contributed by atoms with van der Waals surface area (Å²) in [4.78, 5) is 13.0. The Morgan fingerprint density at radius 1 is 1.21 bits per heavy atom. The summed E-state index contributed by atoms with van der Waals surface area (Å²) in [6.45, 7) is 0. The Balaban J connectivity index is 1.70. The Hall–Kier alpha value is -3.27. The maximum atomic E-state index is 13.0. The molecule has 0 bridgehead atoms. The molecule has 1 fully saturated rings. The number of hydrogen-bond acceptors (Lipinski definition) is 7. The van der Waals surface area contributed by atoms with E-state index in [1.807, 2.05) is 30.3 Å². The summed E-state index contributed by atoms with van der Waals surface area (Å²) >= 11 is 0. The van der Waals surface area contributed by atoms with E-state index in [1.54, 1.807) is 12.1 Å². The molecule has 1 atom stereocenters. The third-order valence-electron chi connectivity index (χ3n) is 4.35. The second kappa shape index (κ2) is 7.39. The molecule has 1 N–H and O–H groups in total. The van der Waals surface area contributed by atoms with Gasteiger partial charge in [0.05, 0.1) is 17.8 Å². The van der Waals surface area contributed by atoms with Crippen molar-refractivity contribution in [3.05, 3.63) is 54.5 Å². The number of rotatable bonds is 5. The van der Waals surface area contributed by atoms with E-state index in [2.05, 4.69) is 20.8 Å². The maximum Gasteiger partial charge on any atom is 0.270 e. The van der Waals surface area contributed by atoms with Crippen LogP contribution in [0.1, 0.15) is 12.2 Å². The molecular formula is C18H17N5O4S. The fourth-order valence-electron chi connectivity index (χ4n) is 3.02. The second-order valence-corrected chi connectivity index (χ2v) is 8.63. The molecular weight excluding hydrogens is 382 g/mol. The highest BCUT2D eigenvalue weighted by atomic mass is 32.2. The van der Waals surface area contributed by atoms with Gasteiger partial charge in [0.15, 0.2) is 15.7 Å². The number of carbonyl (C=O) groups excluding carboxylic acids is 1. The highest BCUT2D eigenvalue weighted by Crippen LogP contribution is 2.21. The van der Waals surface area contributed by atoms with E-state index in [-0.39, 0.29) is 17.2 Å². The lowest BCUT2D eigenvalue weighted by molar-refractivity contribution is -0.116. The van der Waals surface area contributed by atoms with Crippen LogP contribution >= 0.6 is 0 Å². The Labute approximate surface area is 161 Å². The molecule has 0 spiro atoms. The number of tetrazole rings is 1. The minimum atomic E-state index is -3.12. The van der Waals surface area contributed by atoms with Gasteiger partial charge in [-0.15, -0.1) is 5.10 Å². The first-order valence-corrected chi connectivity index (χ1v) is 10.4. The van der Waals surface area contributed by atoms with Crippen LogP contribution in [0.25, 0.3) is 23.2 Å². The molecule has 3 heterocycles. The van der Waals surface area contributed by atoms with Crippen molar-refractivity contribution >= 4 is 27.5 Å². The number of nitrogens with zero attached hydrogens (tertiary/aromatic N) is 4. The van der Waals surface area contributed by atoms with Gasteiger partial charge in [0.2, 0.25) is 0 Å². The predicted molar refractivity (Wildman–Crippen MR) is 101 cm³/mol. The summed E-state index contributed by atoms with van der Waals surface area (Å²) in [5.41, 5.74) is 0.859. The first kappa shape index (κ1) is 18.1.